The fourth-order valence-electron chi connectivity index (χ4n) is 1.83. The van der Waals surface area contributed by atoms with Crippen molar-refractivity contribution in [1.82, 2.24) is 5.32 Å². The number of ether oxygens (including phenoxy) is 1. The number of rotatable bonds is 4. The van der Waals surface area contributed by atoms with Crippen LogP contribution in [0.25, 0.3) is 0 Å². The Morgan fingerprint density at radius 2 is 2.23 bits per heavy atom. The second-order valence-electron chi connectivity index (χ2n) is 4.83. The molecule has 0 radical (unpaired) electrons. The zero-order chi connectivity index (χ0) is 9.73. The standard InChI is InChI=1S/C11H23NO/c1-10(2)5-4-6-11(3)9-13-8-7-12-11/h10,12H,4-9H2,1-3H3. The van der Waals surface area contributed by atoms with Crippen LogP contribution in [0.4, 0.5) is 0 Å². The molecule has 0 aromatic heterocycles. The minimum atomic E-state index is 0.243. The van der Waals surface area contributed by atoms with E-state index >= 15 is 0 Å². The van der Waals surface area contributed by atoms with Crippen molar-refractivity contribution in [3.63, 3.8) is 0 Å². The second kappa shape index (κ2) is 4.97. The van der Waals surface area contributed by atoms with Gasteiger partial charge in [-0.3, -0.25) is 0 Å². The fraction of sp³-hybridized carbons (Fsp3) is 1.00. The van der Waals surface area contributed by atoms with Gasteiger partial charge in [0.2, 0.25) is 0 Å². The summed E-state index contributed by atoms with van der Waals surface area (Å²) in [5.41, 5.74) is 0.243. The predicted molar refractivity (Wildman–Crippen MR) is 55.9 cm³/mol. The maximum Gasteiger partial charge on any atom is 0.0646 e. The van der Waals surface area contributed by atoms with E-state index in [1.807, 2.05) is 0 Å². The molecule has 0 aromatic rings. The summed E-state index contributed by atoms with van der Waals surface area (Å²) in [6.07, 6.45) is 3.88. The first kappa shape index (κ1) is 11.0. The van der Waals surface area contributed by atoms with E-state index in [1.54, 1.807) is 0 Å². The highest BCUT2D eigenvalue weighted by Gasteiger charge is 2.26. The van der Waals surface area contributed by atoms with Crippen molar-refractivity contribution >= 4 is 0 Å². The molecule has 78 valence electrons. The Kier molecular flexibility index (Phi) is 4.20. The van der Waals surface area contributed by atoms with E-state index in [-0.39, 0.29) is 5.54 Å². The van der Waals surface area contributed by atoms with Crippen LogP contribution in [0.3, 0.4) is 0 Å². The zero-order valence-electron chi connectivity index (χ0n) is 9.23. The SMILES string of the molecule is CC(C)CCCC1(C)COCCN1. The minimum Gasteiger partial charge on any atom is -0.378 e. The van der Waals surface area contributed by atoms with Crippen molar-refractivity contribution in [1.29, 1.82) is 0 Å². The number of hydrogen-bond donors (Lipinski definition) is 1. The number of morpholine rings is 1. The molecule has 1 unspecified atom stereocenters. The maximum absolute atomic E-state index is 5.48. The van der Waals surface area contributed by atoms with Gasteiger partial charge >= 0.3 is 0 Å². The van der Waals surface area contributed by atoms with Gasteiger partial charge in [0, 0.05) is 12.1 Å². The van der Waals surface area contributed by atoms with Crippen LogP contribution >= 0.6 is 0 Å². The average Bonchev–Trinajstić information content (AvgIpc) is 2.04. The van der Waals surface area contributed by atoms with Crippen LogP contribution in [-0.2, 0) is 4.74 Å². The molecule has 1 aliphatic heterocycles. The van der Waals surface area contributed by atoms with Gasteiger partial charge in [-0.05, 0) is 19.3 Å². The van der Waals surface area contributed by atoms with Crippen molar-refractivity contribution in [3.8, 4) is 0 Å². The molecule has 0 amide bonds. The molecule has 1 saturated heterocycles. The third-order valence-electron chi connectivity index (χ3n) is 2.73. The summed E-state index contributed by atoms with van der Waals surface area (Å²) < 4.78 is 5.48. The third-order valence-corrected chi connectivity index (χ3v) is 2.73. The molecule has 1 rings (SSSR count). The largest absolute Gasteiger partial charge is 0.378 e. The molecule has 1 N–H and O–H groups in total. The van der Waals surface area contributed by atoms with E-state index in [1.165, 1.54) is 19.3 Å². The molecule has 1 heterocycles. The van der Waals surface area contributed by atoms with Crippen LogP contribution in [0.1, 0.15) is 40.0 Å². The molecule has 0 bridgehead atoms. The fourth-order valence-corrected chi connectivity index (χ4v) is 1.83. The van der Waals surface area contributed by atoms with Crippen molar-refractivity contribution in [2.45, 2.75) is 45.6 Å². The topological polar surface area (TPSA) is 21.3 Å². The Hall–Kier alpha value is -0.0800. The maximum atomic E-state index is 5.48. The molecule has 2 heteroatoms. The molecular formula is C11H23NO. The van der Waals surface area contributed by atoms with E-state index in [0.717, 1.165) is 25.7 Å². The smallest absolute Gasteiger partial charge is 0.0646 e. The van der Waals surface area contributed by atoms with Crippen LogP contribution in [0.5, 0.6) is 0 Å². The second-order valence-corrected chi connectivity index (χ2v) is 4.83. The summed E-state index contributed by atoms with van der Waals surface area (Å²) >= 11 is 0. The van der Waals surface area contributed by atoms with Crippen LogP contribution < -0.4 is 5.32 Å². The minimum absolute atomic E-state index is 0.243. The molecule has 13 heavy (non-hydrogen) atoms. The van der Waals surface area contributed by atoms with E-state index in [4.69, 9.17) is 4.74 Å². The first-order valence-corrected chi connectivity index (χ1v) is 5.45. The number of hydrogen-bond acceptors (Lipinski definition) is 2. The number of nitrogens with one attached hydrogen (secondary N) is 1. The summed E-state index contributed by atoms with van der Waals surface area (Å²) in [6.45, 7) is 9.61. The van der Waals surface area contributed by atoms with Gasteiger partial charge < -0.3 is 10.1 Å². The Bertz CT molecular complexity index is 139. The van der Waals surface area contributed by atoms with Gasteiger partial charge in [0.25, 0.3) is 0 Å². The quantitative estimate of drug-likeness (QED) is 0.725. The van der Waals surface area contributed by atoms with E-state index in [2.05, 4.69) is 26.1 Å². The summed E-state index contributed by atoms with van der Waals surface area (Å²) in [4.78, 5) is 0. The van der Waals surface area contributed by atoms with Gasteiger partial charge in [0.1, 0.15) is 0 Å². The van der Waals surface area contributed by atoms with Gasteiger partial charge in [0.15, 0.2) is 0 Å². The Morgan fingerprint density at radius 3 is 2.77 bits per heavy atom. The summed E-state index contributed by atoms with van der Waals surface area (Å²) in [5, 5.41) is 3.54. The summed E-state index contributed by atoms with van der Waals surface area (Å²) in [6, 6.07) is 0. The van der Waals surface area contributed by atoms with Gasteiger partial charge in [-0.1, -0.05) is 26.7 Å². The normalized spacial score (nSPS) is 29.5. The summed E-state index contributed by atoms with van der Waals surface area (Å²) in [5.74, 6) is 0.827. The third kappa shape index (κ3) is 4.10. The molecule has 0 spiro atoms. The van der Waals surface area contributed by atoms with Gasteiger partial charge in [-0.25, -0.2) is 0 Å². The van der Waals surface area contributed by atoms with E-state index in [0.29, 0.717) is 0 Å². The Morgan fingerprint density at radius 1 is 1.46 bits per heavy atom. The molecule has 0 aliphatic carbocycles. The van der Waals surface area contributed by atoms with Crippen LogP contribution in [-0.4, -0.2) is 25.3 Å². The molecule has 0 saturated carbocycles. The zero-order valence-corrected chi connectivity index (χ0v) is 9.23. The lowest BCUT2D eigenvalue weighted by molar-refractivity contribution is 0.0302. The lowest BCUT2D eigenvalue weighted by Crippen LogP contribution is -2.51. The van der Waals surface area contributed by atoms with Crippen molar-refractivity contribution in [3.05, 3.63) is 0 Å². The highest BCUT2D eigenvalue weighted by molar-refractivity contribution is 4.85. The van der Waals surface area contributed by atoms with E-state index in [9.17, 15) is 0 Å². The van der Waals surface area contributed by atoms with Gasteiger partial charge in [0.05, 0.1) is 13.2 Å². The van der Waals surface area contributed by atoms with Crippen molar-refractivity contribution < 1.29 is 4.74 Å². The molecule has 1 atom stereocenters. The van der Waals surface area contributed by atoms with Crippen molar-refractivity contribution in [2.75, 3.05) is 19.8 Å². The molecule has 2 nitrogen and oxygen atoms in total. The molecule has 1 fully saturated rings. The molecule has 0 aromatic carbocycles. The lowest BCUT2D eigenvalue weighted by atomic mass is 9.93. The average molecular weight is 185 g/mol. The van der Waals surface area contributed by atoms with Gasteiger partial charge in [-0.2, -0.15) is 0 Å². The lowest BCUT2D eigenvalue weighted by Gasteiger charge is -2.35. The first-order chi connectivity index (χ1) is 6.12. The van der Waals surface area contributed by atoms with Gasteiger partial charge in [-0.15, -0.1) is 0 Å². The Labute approximate surface area is 82.0 Å². The predicted octanol–water partition coefficient (Wildman–Crippen LogP) is 2.19. The Balaban J connectivity index is 2.17. The van der Waals surface area contributed by atoms with Crippen LogP contribution in [0.15, 0.2) is 0 Å². The summed E-state index contributed by atoms with van der Waals surface area (Å²) in [7, 11) is 0. The molecule has 1 aliphatic rings. The van der Waals surface area contributed by atoms with E-state index < -0.39 is 0 Å². The highest BCUT2D eigenvalue weighted by atomic mass is 16.5. The molecular weight excluding hydrogens is 162 g/mol. The van der Waals surface area contributed by atoms with Crippen LogP contribution in [0.2, 0.25) is 0 Å². The van der Waals surface area contributed by atoms with Crippen molar-refractivity contribution in [2.24, 2.45) is 5.92 Å². The first-order valence-electron chi connectivity index (χ1n) is 5.45. The highest BCUT2D eigenvalue weighted by Crippen LogP contribution is 2.18. The van der Waals surface area contributed by atoms with Crippen LogP contribution in [0, 0.1) is 5.92 Å². The monoisotopic (exact) mass is 185 g/mol.